The number of imidazole rings is 1. The SMILES string of the molecule is O=C(Cc1c(Cl)cccc1Cl)NCc1ncc[nH]1. The van der Waals surface area contributed by atoms with E-state index in [2.05, 4.69) is 15.3 Å². The van der Waals surface area contributed by atoms with Gasteiger partial charge in [-0.15, -0.1) is 0 Å². The Labute approximate surface area is 114 Å². The standard InChI is InChI=1S/C12H11Cl2N3O/c13-9-2-1-3-10(14)8(9)6-12(18)17-7-11-15-4-5-16-11/h1-5H,6-7H2,(H,15,16)(H,17,18). The van der Waals surface area contributed by atoms with Crippen LogP contribution in [0.15, 0.2) is 30.6 Å². The summed E-state index contributed by atoms with van der Waals surface area (Å²) >= 11 is 12.0. The maximum absolute atomic E-state index is 11.7. The predicted octanol–water partition coefficient (Wildman–Crippen LogP) is 2.58. The fourth-order valence-electron chi connectivity index (χ4n) is 1.50. The van der Waals surface area contributed by atoms with Crippen LogP contribution in [0.1, 0.15) is 11.4 Å². The number of hydrogen-bond donors (Lipinski definition) is 2. The maximum Gasteiger partial charge on any atom is 0.224 e. The Morgan fingerprint density at radius 2 is 2.06 bits per heavy atom. The van der Waals surface area contributed by atoms with Crippen molar-refractivity contribution in [1.82, 2.24) is 15.3 Å². The number of benzene rings is 1. The highest BCUT2D eigenvalue weighted by Gasteiger charge is 2.10. The first kappa shape index (κ1) is 12.9. The van der Waals surface area contributed by atoms with Crippen molar-refractivity contribution in [3.05, 3.63) is 52.0 Å². The van der Waals surface area contributed by atoms with Crippen LogP contribution in [-0.2, 0) is 17.8 Å². The number of aromatic nitrogens is 2. The van der Waals surface area contributed by atoms with Gasteiger partial charge in [-0.25, -0.2) is 4.98 Å². The Kier molecular flexibility index (Phi) is 4.23. The monoisotopic (exact) mass is 283 g/mol. The summed E-state index contributed by atoms with van der Waals surface area (Å²) in [4.78, 5) is 18.7. The molecule has 2 aromatic rings. The minimum Gasteiger partial charge on any atom is -0.349 e. The maximum atomic E-state index is 11.7. The van der Waals surface area contributed by atoms with Crippen LogP contribution in [0, 0.1) is 0 Å². The summed E-state index contributed by atoms with van der Waals surface area (Å²) in [6.45, 7) is 0.355. The summed E-state index contributed by atoms with van der Waals surface area (Å²) < 4.78 is 0. The third kappa shape index (κ3) is 3.24. The molecule has 0 saturated heterocycles. The zero-order valence-electron chi connectivity index (χ0n) is 9.41. The molecule has 1 amide bonds. The van der Waals surface area contributed by atoms with Gasteiger partial charge in [-0.05, 0) is 17.7 Å². The Balaban J connectivity index is 1.95. The molecule has 0 bridgehead atoms. The van der Waals surface area contributed by atoms with E-state index in [1.807, 2.05) is 0 Å². The van der Waals surface area contributed by atoms with Gasteiger partial charge in [0.25, 0.3) is 0 Å². The molecule has 0 spiro atoms. The van der Waals surface area contributed by atoms with E-state index in [1.54, 1.807) is 30.6 Å². The second-order valence-corrected chi connectivity index (χ2v) is 4.50. The Morgan fingerprint density at radius 3 is 2.67 bits per heavy atom. The minimum absolute atomic E-state index is 0.151. The minimum atomic E-state index is -0.151. The van der Waals surface area contributed by atoms with Gasteiger partial charge in [-0.1, -0.05) is 29.3 Å². The van der Waals surface area contributed by atoms with Crippen LogP contribution in [0.25, 0.3) is 0 Å². The fourth-order valence-corrected chi connectivity index (χ4v) is 2.03. The molecule has 6 heteroatoms. The molecule has 4 nitrogen and oxygen atoms in total. The van der Waals surface area contributed by atoms with Crippen LogP contribution in [-0.4, -0.2) is 15.9 Å². The first-order valence-corrected chi connectivity index (χ1v) is 6.10. The third-order valence-electron chi connectivity index (χ3n) is 2.41. The smallest absolute Gasteiger partial charge is 0.224 e. The number of carbonyl (C=O) groups excluding carboxylic acids is 1. The van der Waals surface area contributed by atoms with Crippen molar-refractivity contribution in [2.24, 2.45) is 0 Å². The highest BCUT2D eigenvalue weighted by molar-refractivity contribution is 6.36. The van der Waals surface area contributed by atoms with E-state index in [1.165, 1.54) is 0 Å². The van der Waals surface area contributed by atoms with Crippen molar-refractivity contribution in [3.63, 3.8) is 0 Å². The molecule has 0 saturated carbocycles. The molecular weight excluding hydrogens is 273 g/mol. The van der Waals surface area contributed by atoms with Crippen LogP contribution in [0.4, 0.5) is 0 Å². The number of aromatic amines is 1. The van der Waals surface area contributed by atoms with E-state index in [-0.39, 0.29) is 12.3 Å². The third-order valence-corrected chi connectivity index (χ3v) is 3.12. The molecule has 0 fully saturated rings. The number of nitrogens with one attached hydrogen (secondary N) is 2. The van der Waals surface area contributed by atoms with Gasteiger partial charge >= 0.3 is 0 Å². The van der Waals surface area contributed by atoms with Crippen molar-refractivity contribution in [2.75, 3.05) is 0 Å². The molecule has 0 aliphatic carbocycles. The Bertz CT molecular complexity index is 520. The van der Waals surface area contributed by atoms with Crippen LogP contribution in [0.3, 0.4) is 0 Å². The van der Waals surface area contributed by atoms with E-state index in [0.717, 1.165) is 0 Å². The van der Waals surface area contributed by atoms with Crippen molar-refractivity contribution >= 4 is 29.1 Å². The summed E-state index contributed by atoms with van der Waals surface area (Å²) in [6, 6.07) is 5.17. The molecule has 18 heavy (non-hydrogen) atoms. The second-order valence-electron chi connectivity index (χ2n) is 3.69. The Morgan fingerprint density at radius 1 is 1.33 bits per heavy atom. The van der Waals surface area contributed by atoms with Crippen LogP contribution < -0.4 is 5.32 Å². The molecule has 0 atom stereocenters. The molecule has 2 rings (SSSR count). The zero-order valence-corrected chi connectivity index (χ0v) is 10.9. The molecule has 0 unspecified atom stereocenters. The highest BCUT2D eigenvalue weighted by atomic mass is 35.5. The van der Waals surface area contributed by atoms with Crippen LogP contribution in [0.2, 0.25) is 10.0 Å². The molecule has 0 aliphatic heterocycles. The van der Waals surface area contributed by atoms with Gasteiger partial charge in [0.15, 0.2) is 0 Å². The topological polar surface area (TPSA) is 57.8 Å². The van der Waals surface area contributed by atoms with Gasteiger partial charge in [0.05, 0.1) is 13.0 Å². The Hall–Kier alpha value is -1.52. The number of H-pyrrole nitrogens is 1. The molecular formula is C12H11Cl2N3O. The summed E-state index contributed by atoms with van der Waals surface area (Å²) in [5.74, 6) is 0.551. The van der Waals surface area contributed by atoms with Gasteiger partial charge in [-0.2, -0.15) is 0 Å². The van der Waals surface area contributed by atoms with Gasteiger partial charge < -0.3 is 10.3 Å². The fraction of sp³-hybridized carbons (Fsp3) is 0.167. The number of rotatable bonds is 4. The molecule has 0 radical (unpaired) electrons. The highest BCUT2D eigenvalue weighted by Crippen LogP contribution is 2.24. The van der Waals surface area contributed by atoms with Gasteiger partial charge in [0, 0.05) is 22.4 Å². The average molecular weight is 284 g/mol. The summed E-state index contributed by atoms with van der Waals surface area (Å²) in [5, 5.41) is 3.73. The van der Waals surface area contributed by atoms with E-state index in [4.69, 9.17) is 23.2 Å². The largest absolute Gasteiger partial charge is 0.349 e. The van der Waals surface area contributed by atoms with E-state index in [0.29, 0.717) is 28.0 Å². The first-order chi connectivity index (χ1) is 8.66. The van der Waals surface area contributed by atoms with Gasteiger partial charge in [-0.3, -0.25) is 4.79 Å². The van der Waals surface area contributed by atoms with Crippen molar-refractivity contribution < 1.29 is 4.79 Å². The molecule has 1 aromatic carbocycles. The molecule has 94 valence electrons. The lowest BCUT2D eigenvalue weighted by Gasteiger charge is -2.07. The zero-order chi connectivity index (χ0) is 13.0. The molecule has 0 aliphatic rings. The quantitative estimate of drug-likeness (QED) is 0.906. The van der Waals surface area contributed by atoms with Crippen LogP contribution >= 0.6 is 23.2 Å². The molecule has 1 aromatic heterocycles. The van der Waals surface area contributed by atoms with Crippen molar-refractivity contribution in [2.45, 2.75) is 13.0 Å². The lowest BCUT2D eigenvalue weighted by Crippen LogP contribution is -2.25. The average Bonchev–Trinajstić information content (AvgIpc) is 2.84. The molecule has 1 heterocycles. The van der Waals surface area contributed by atoms with Crippen LogP contribution in [0.5, 0.6) is 0 Å². The molecule has 2 N–H and O–H groups in total. The van der Waals surface area contributed by atoms with Crippen molar-refractivity contribution in [3.8, 4) is 0 Å². The van der Waals surface area contributed by atoms with E-state index >= 15 is 0 Å². The number of halogens is 2. The summed E-state index contributed by atoms with van der Waals surface area (Å²) in [7, 11) is 0. The summed E-state index contributed by atoms with van der Waals surface area (Å²) in [6.07, 6.45) is 3.48. The number of hydrogen-bond acceptors (Lipinski definition) is 2. The summed E-state index contributed by atoms with van der Waals surface area (Å²) in [5.41, 5.74) is 0.637. The predicted molar refractivity (Wildman–Crippen MR) is 70.6 cm³/mol. The van der Waals surface area contributed by atoms with E-state index < -0.39 is 0 Å². The van der Waals surface area contributed by atoms with Gasteiger partial charge in [0.1, 0.15) is 5.82 Å². The number of carbonyl (C=O) groups is 1. The van der Waals surface area contributed by atoms with Crippen molar-refractivity contribution in [1.29, 1.82) is 0 Å². The van der Waals surface area contributed by atoms with E-state index in [9.17, 15) is 4.79 Å². The normalized spacial score (nSPS) is 10.3. The number of nitrogens with zero attached hydrogens (tertiary/aromatic N) is 1. The first-order valence-electron chi connectivity index (χ1n) is 5.34. The lowest BCUT2D eigenvalue weighted by atomic mass is 10.1. The number of amides is 1. The lowest BCUT2D eigenvalue weighted by molar-refractivity contribution is -0.120. The van der Waals surface area contributed by atoms with Gasteiger partial charge in [0.2, 0.25) is 5.91 Å². The second kappa shape index (κ2) is 5.89.